The lowest BCUT2D eigenvalue weighted by molar-refractivity contribution is -0.113. The third kappa shape index (κ3) is 4.78. The number of aryl methyl sites for hydroxylation is 2. The molecule has 0 unspecified atom stereocenters. The van der Waals surface area contributed by atoms with E-state index in [0.717, 1.165) is 35.5 Å². The highest BCUT2D eigenvalue weighted by molar-refractivity contribution is 8.19. The van der Waals surface area contributed by atoms with Gasteiger partial charge in [0.2, 0.25) is 0 Å². The number of ether oxygens (including phenoxy) is 1. The monoisotopic (exact) mass is 442 g/mol. The molecule has 5 heteroatoms. The van der Waals surface area contributed by atoms with Gasteiger partial charge in [-0.1, -0.05) is 50.2 Å². The van der Waals surface area contributed by atoms with Crippen molar-refractivity contribution in [2.24, 2.45) is 4.99 Å². The van der Waals surface area contributed by atoms with Gasteiger partial charge in [0.1, 0.15) is 5.75 Å². The van der Waals surface area contributed by atoms with Crippen LogP contribution in [0.1, 0.15) is 30.5 Å². The van der Waals surface area contributed by atoms with E-state index in [9.17, 15) is 4.79 Å². The highest BCUT2D eigenvalue weighted by Gasteiger charge is 2.34. The summed E-state index contributed by atoms with van der Waals surface area (Å²) in [6.07, 6.45) is 3.84. The van der Waals surface area contributed by atoms with Crippen molar-refractivity contribution in [3.8, 4) is 5.75 Å². The van der Waals surface area contributed by atoms with Crippen molar-refractivity contribution in [1.29, 1.82) is 0 Å². The molecule has 0 aliphatic carbocycles. The number of amidine groups is 1. The summed E-state index contributed by atoms with van der Waals surface area (Å²) in [6, 6.07) is 23.9. The van der Waals surface area contributed by atoms with Gasteiger partial charge >= 0.3 is 0 Å². The Morgan fingerprint density at radius 1 is 0.875 bits per heavy atom. The Hall–Kier alpha value is -3.31. The first-order valence-electron chi connectivity index (χ1n) is 10.8. The first-order valence-corrected chi connectivity index (χ1v) is 11.6. The lowest BCUT2D eigenvalue weighted by Crippen LogP contribution is -2.28. The van der Waals surface area contributed by atoms with E-state index in [-0.39, 0.29) is 5.91 Å². The van der Waals surface area contributed by atoms with Crippen LogP contribution in [0.2, 0.25) is 0 Å². The van der Waals surface area contributed by atoms with E-state index in [1.165, 1.54) is 22.9 Å². The zero-order valence-corrected chi connectivity index (χ0v) is 19.4. The summed E-state index contributed by atoms with van der Waals surface area (Å²) in [5.74, 6) is 0.715. The molecule has 4 rings (SSSR count). The average Bonchev–Trinajstić information content (AvgIpc) is 3.14. The van der Waals surface area contributed by atoms with Crippen LogP contribution < -0.4 is 9.64 Å². The molecule has 0 radical (unpaired) electrons. The van der Waals surface area contributed by atoms with Gasteiger partial charge in [-0.05, 0) is 83.8 Å². The molecule has 4 nitrogen and oxygen atoms in total. The molecule has 0 N–H and O–H groups in total. The third-order valence-electron chi connectivity index (χ3n) is 5.39. The van der Waals surface area contributed by atoms with Crippen molar-refractivity contribution < 1.29 is 9.53 Å². The number of carbonyl (C=O) groups excluding carboxylic acids is 1. The molecule has 1 aliphatic rings. The van der Waals surface area contributed by atoms with Crippen LogP contribution in [0, 0.1) is 0 Å². The maximum atomic E-state index is 13.4. The van der Waals surface area contributed by atoms with Crippen LogP contribution in [-0.4, -0.2) is 18.2 Å². The lowest BCUT2D eigenvalue weighted by Gasteiger charge is -2.16. The van der Waals surface area contributed by atoms with Gasteiger partial charge in [0.15, 0.2) is 5.17 Å². The number of aliphatic imine (C=N–C) groups is 1. The number of nitrogens with zero attached hydrogens (tertiary/aromatic N) is 2. The predicted octanol–water partition coefficient (Wildman–Crippen LogP) is 6.63. The molecule has 32 heavy (non-hydrogen) atoms. The Bertz CT molecular complexity index is 1150. The van der Waals surface area contributed by atoms with Crippen LogP contribution in [0.25, 0.3) is 6.08 Å². The quantitative estimate of drug-likeness (QED) is 0.402. The van der Waals surface area contributed by atoms with E-state index in [1.54, 1.807) is 12.0 Å². The van der Waals surface area contributed by atoms with Crippen LogP contribution >= 0.6 is 11.8 Å². The van der Waals surface area contributed by atoms with Crippen molar-refractivity contribution in [2.45, 2.75) is 26.7 Å². The highest BCUT2D eigenvalue weighted by Crippen LogP contribution is 2.37. The van der Waals surface area contributed by atoms with E-state index in [4.69, 9.17) is 9.73 Å². The molecular formula is C27H26N2O2S. The summed E-state index contributed by atoms with van der Waals surface area (Å²) in [7, 11) is 1.64. The average molecular weight is 443 g/mol. The second kappa shape index (κ2) is 9.88. The Morgan fingerprint density at radius 2 is 1.47 bits per heavy atom. The second-order valence-corrected chi connectivity index (χ2v) is 8.47. The van der Waals surface area contributed by atoms with Gasteiger partial charge < -0.3 is 4.74 Å². The van der Waals surface area contributed by atoms with Crippen molar-refractivity contribution >= 4 is 40.3 Å². The molecule has 1 heterocycles. The van der Waals surface area contributed by atoms with Gasteiger partial charge in [0.05, 0.1) is 23.4 Å². The summed E-state index contributed by atoms with van der Waals surface area (Å²) in [5, 5.41) is 0.656. The number of thioether (sulfide) groups is 1. The third-order valence-corrected chi connectivity index (χ3v) is 6.36. The molecule has 1 fully saturated rings. The highest BCUT2D eigenvalue weighted by atomic mass is 32.2. The summed E-state index contributed by atoms with van der Waals surface area (Å²) < 4.78 is 5.23. The molecule has 1 saturated heterocycles. The van der Waals surface area contributed by atoms with Crippen LogP contribution in [0.15, 0.2) is 82.7 Å². The number of rotatable bonds is 6. The van der Waals surface area contributed by atoms with E-state index >= 15 is 0 Å². The van der Waals surface area contributed by atoms with Gasteiger partial charge in [0, 0.05) is 0 Å². The van der Waals surface area contributed by atoms with Crippen LogP contribution in [0.3, 0.4) is 0 Å². The Morgan fingerprint density at radius 3 is 2.03 bits per heavy atom. The molecule has 0 spiro atoms. The van der Waals surface area contributed by atoms with Crippen LogP contribution in [0.4, 0.5) is 11.4 Å². The van der Waals surface area contributed by atoms with Gasteiger partial charge in [-0.25, -0.2) is 4.99 Å². The number of methoxy groups -OCH3 is 1. The fraction of sp³-hybridized carbons (Fsp3) is 0.185. The van der Waals surface area contributed by atoms with E-state index in [0.29, 0.717) is 10.1 Å². The minimum absolute atomic E-state index is 0.0704. The first kappa shape index (κ1) is 21.9. The number of benzene rings is 3. The molecule has 162 valence electrons. The minimum atomic E-state index is -0.0704. The van der Waals surface area contributed by atoms with Crippen molar-refractivity contribution in [1.82, 2.24) is 0 Å². The number of anilines is 1. The van der Waals surface area contributed by atoms with Crippen LogP contribution in [0.5, 0.6) is 5.75 Å². The van der Waals surface area contributed by atoms with Gasteiger partial charge in [-0.15, -0.1) is 0 Å². The summed E-state index contributed by atoms with van der Waals surface area (Å²) >= 11 is 1.40. The second-order valence-electron chi connectivity index (χ2n) is 7.46. The standard InChI is InChI=1S/C27H26N2O2S/c1-4-19-6-12-22(13-7-19)28-27-29(23-14-8-20(5-2)9-15-23)26(30)25(32-27)18-21-10-16-24(31-3)17-11-21/h6-18H,4-5H2,1-3H3/b25-18-,28-27?. The zero-order valence-electron chi connectivity index (χ0n) is 18.5. The number of hydrogen-bond acceptors (Lipinski definition) is 4. The van der Waals surface area contributed by atoms with E-state index < -0.39 is 0 Å². The van der Waals surface area contributed by atoms with Crippen molar-refractivity contribution in [3.05, 3.63) is 94.4 Å². The minimum Gasteiger partial charge on any atom is -0.497 e. The Labute approximate surface area is 193 Å². The van der Waals surface area contributed by atoms with Gasteiger partial charge in [-0.2, -0.15) is 0 Å². The van der Waals surface area contributed by atoms with Crippen molar-refractivity contribution in [3.63, 3.8) is 0 Å². The van der Waals surface area contributed by atoms with Gasteiger partial charge in [0.25, 0.3) is 5.91 Å². The maximum absolute atomic E-state index is 13.4. The molecule has 1 aliphatic heterocycles. The number of carbonyl (C=O) groups is 1. The number of amides is 1. The fourth-order valence-electron chi connectivity index (χ4n) is 3.43. The summed E-state index contributed by atoms with van der Waals surface area (Å²) in [4.78, 5) is 20.6. The fourth-order valence-corrected chi connectivity index (χ4v) is 4.43. The zero-order chi connectivity index (χ0) is 22.5. The van der Waals surface area contributed by atoms with Crippen molar-refractivity contribution in [2.75, 3.05) is 12.0 Å². The van der Waals surface area contributed by atoms with Crippen LogP contribution in [-0.2, 0) is 17.6 Å². The summed E-state index contributed by atoms with van der Waals surface area (Å²) in [5.41, 5.74) is 5.09. The Kier molecular flexibility index (Phi) is 6.76. The lowest BCUT2D eigenvalue weighted by atomic mass is 10.1. The predicted molar refractivity (Wildman–Crippen MR) is 135 cm³/mol. The van der Waals surface area contributed by atoms with E-state index in [2.05, 4.69) is 38.1 Å². The molecule has 0 aromatic heterocycles. The molecule has 0 bridgehead atoms. The summed E-state index contributed by atoms with van der Waals surface area (Å²) in [6.45, 7) is 4.25. The molecule has 0 atom stereocenters. The molecule has 3 aromatic carbocycles. The normalized spacial score (nSPS) is 16.2. The molecule has 0 saturated carbocycles. The largest absolute Gasteiger partial charge is 0.497 e. The molecule has 3 aromatic rings. The first-order chi connectivity index (χ1) is 15.6. The maximum Gasteiger partial charge on any atom is 0.271 e. The topological polar surface area (TPSA) is 41.9 Å². The number of hydrogen-bond donors (Lipinski definition) is 0. The van der Waals surface area contributed by atoms with E-state index in [1.807, 2.05) is 54.6 Å². The van der Waals surface area contributed by atoms with Gasteiger partial charge in [-0.3, -0.25) is 9.69 Å². The Balaban J connectivity index is 1.72. The molecular weight excluding hydrogens is 416 g/mol. The SMILES string of the molecule is CCc1ccc(N=C2S/C(=C\c3ccc(OC)cc3)C(=O)N2c2ccc(CC)cc2)cc1. The molecule has 1 amide bonds. The smallest absolute Gasteiger partial charge is 0.271 e.